The molecule has 0 aliphatic heterocycles. The third-order valence-electron chi connectivity index (χ3n) is 2.90. The minimum atomic E-state index is -1.63. The molecule has 0 bridgehead atoms. The van der Waals surface area contributed by atoms with Gasteiger partial charge in [0.05, 0.1) is 10.9 Å². The fraction of sp³-hybridized carbons (Fsp3) is 0.250. The number of nitrogens with one attached hydrogen (secondary N) is 1. The van der Waals surface area contributed by atoms with Crippen LogP contribution in [0.1, 0.15) is 16.0 Å². The van der Waals surface area contributed by atoms with Gasteiger partial charge in [-0.2, -0.15) is 0 Å². The molecule has 0 aliphatic carbocycles. The Labute approximate surface area is 115 Å². The molecule has 98 valence electrons. The second kappa shape index (κ2) is 4.27. The minimum absolute atomic E-state index is 0.0455. The van der Waals surface area contributed by atoms with Crippen LogP contribution in [-0.4, -0.2) is 19.2 Å². The first-order valence-electron chi connectivity index (χ1n) is 6.58. The van der Waals surface area contributed by atoms with Gasteiger partial charge in [0.25, 0.3) is 5.56 Å². The van der Waals surface area contributed by atoms with Crippen molar-refractivity contribution in [1.29, 1.82) is 0 Å². The highest BCUT2D eigenvalue weighted by molar-refractivity contribution is 7.71. The Morgan fingerprint density at radius 3 is 3.11 bits per heavy atom. The standard InChI is InChI=1S/C12H11FN4OS/c1-2-6-16-10(18)7-4-3-5-8(13)9(7)17-11(16)14-15-12(17)19/h3-5H,2,6H2,1H3,(H,15,19)/i2D2. The average molecular weight is 280 g/mol. The molecular weight excluding hydrogens is 267 g/mol. The van der Waals surface area contributed by atoms with E-state index in [1.165, 1.54) is 29.5 Å². The van der Waals surface area contributed by atoms with Crippen molar-refractivity contribution < 1.29 is 7.13 Å². The van der Waals surface area contributed by atoms with Crippen LogP contribution >= 0.6 is 12.2 Å². The summed E-state index contributed by atoms with van der Waals surface area (Å²) in [4.78, 5) is 12.5. The SMILES string of the molecule is [2H]C([2H])(C)Cn1c(=O)c2cccc(F)c2n2c(=S)[nH]nc12. The summed E-state index contributed by atoms with van der Waals surface area (Å²) in [6.07, 6.45) is -1.63. The summed E-state index contributed by atoms with van der Waals surface area (Å²) in [5.74, 6) is -0.493. The van der Waals surface area contributed by atoms with E-state index in [1.807, 2.05) is 0 Å². The van der Waals surface area contributed by atoms with Crippen molar-refractivity contribution in [2.45, 2.75) is 19.8 Å². The molecule has 0 fully saturated rings. The third kappa shape index (κ3) is 1.61. The van der Waals surface area contributed by atoms with Crippen molar-refractivity contribution in [1.82, 2.24) is 19.2 Å². The number of fused-ring (bicyclic) bond motifs is 3. The number of para-hydroxylation sites is 1. The van der Waals surface area contributed by atoms with Crippen LogP contribution in [0.3, 0.4) is 0 Å². The number of aromatic amines is 1. The van der Waals surface area contributed by atoms with E-state index in [0.29, 0.717) is 0 Å². The normalized spacial score (nSPS) is 13.8. The molecule has 0 aliphatic rings. The van der Waals surface area contributed by atoms with E-state index in [-0.39, 0.29) is 28.0 Å². The minimum Gasteiger partial charge on any atom is -0.276 e. The molecule has 0 amide bonds. The number of nitrogens with zero attached hydrogens (tertiary/aromatic N) is 3. The zero-order valence-corrected chi connectivity index (χ0v) is 10.8. The Morgan fingerprint density at radius 2 is 2.37 bits per heavy atom. The van der Waals surface area contributed by atoms with Gasteiger partial charge in [-0.3, -0.25) is 13.8 Å². The summed E-state index contributed by atoms with van der Waals surface area (Å²) in [5.41, 5.74) is -0.458. The number of benzene rings is 1. The maximum Gasteiger partial charge on any atom is 0.262 e. The number of H-pyrrole nitrogens is 1. The second-order valence-corrected chi connectivity index (χ2v) is 4.43. The highest BCUT2D eigenvalue weighted by atomic mass is 32.1. The van der Waals surface area contributed by atoms with Gasteiger partial charge in [0, 0.05) is 9.29 Å². The number of aryl methyl sites for hydroxylation is 1. The van der Waals surface area contributed by atoms with Crippen molar-refractivity contribution in [2.24, 2.45) is 0 Å². The molecule has 2 heterocycles. The number of halogens is 1. The molecule has 19 heavy (non-hydrogen) atoms. The van der Waals surface area contributed by atoms with Gasteiger partial charge in [-0.15, -0.1) is 5.10 Å². The molecule has 0 saturated heterocycles. The molecule has 3 rings (SSSR count). The first-order valence-corrected chi connectivity index (χ1v) is 5.98. The molecule has 1 N–H and O–H groups in total. The molecule has 0 unspecified atom stereocenters. The van der Waals surface area contributed by atoms with Gasteiger partial charge in [-0.1, -0.05) is 13.0 Å². The first-order chi connectivity index (χ1) is 9.79. The van der Waals surface area contributed by atoms with Crippen LogP contribution in [0.2, 0.25) is 0 Å². The van der Waals surface area contributed by atoms with Crippen molar-refractivity contribution in [3.63, 3.8) is 0 Å². The zero-order valence-electron chi connectivity index (χ0n) is 12.0. The molecule has 0 radical (unpaired) electrons. The molecule has 0 atom stereocenters. The van der Waals surface area contributed by atoms with E-state index >= 15 is 0 Å². The van der Waals surface area contributed by atoms with Gasteiger partial charge in [-0.25, -0.2) is 9.49 Å². The van der Waals surface area contributed by atoms with Gasteiger partial charge >= 0.3 is 0 Å². The van der Waals surface area contributed by atoms with E-state index < -0.39 is 17.7 Å². The molecule has 0 spiro atoms. The quantitative estimate of drug-likeness (QED) is 0.733. The maximum absolute atomic E-state index is 14.1. The van der Waals surface area contributed by atoms with Gasteiger partial charge in [-0.05, 0) is 30.7 Å². The summed E-state index contributed by atoms with van der Waals surface area (Å²) in [6, 6.07) is 4.15. The topological polar surface area (TPSA) is 55.1 Å². The van der Waals surface area contributed by atoms with Crippen LogP contribution in [0, 0.1) is 10.6 Å². The van der Waals surface area contributed by atoms with Crippen molar-refractivity contribution in [2.75, 3.05) is 0 Å². The van der Waals surface area contributed by atoms with Crippen molar-refractivity contribution in [3.8, 4) is 0 Å². The monoisotopic (exact) mass is 280 g/mol. The molecule has 3 aromatic rings. The molecule has 1 aromatic carbocycles. The Balaban J connectivity index is 2.57. The van der Waals surface area contributed by atoms with Crippen molar-refractivity contribution in [3.05, 3.63) is 39.1 Å². The van der Waals surface area contributed by atoms with E-state index in [1.54, 1.807) is 0 Å². The number of aromatic nitrogens is 4. The van der Waals surface area contributed by atoms with Gasteiger partial charge in [0.2, 0.25) is 10.5 Å². The lowest BCUT2D eigenvalue weighted by Crippen LogP contribution is -2.23. The highest BCUT2D eigenvalue weighted by Gasteiger charge is 2.15. The lowest BCUT2D eigenvalue weighted by molar-refractivity contribution is 0.628. The molecule has 5 nitrogen and oxygen atoms in total. The number of hydrogen-bond acceptors (Lipinski definition) is 3. The van der Waals surface area contributed by atoms with Crippen LogP contribution < -0.4 is 5.56 Å². The lowest BCUT2D eigenvalue weighted by atomic mass is 10.2. The molecular formula is C12H11FN4OS. The van der Waals surface area contributed by atoms with E-state index in [9.17, 15) is 9.18 Å². The summed E-state index contributed by atoms with van der Waals surface area (Å²) < 4.78 is 32.0. The Bertz CT molecular complexity index is 969. The molecule has 2 aromatic heterocycles. The van der Waals surface area contributed by atoms with Crippen LogP contribution in [-0.2, 0) is 6.54 Å². The first kappa shape index (κ1) is 9.85. The molecule has 0 saturated carbocycles. The van der Waals surface area contributed by atoms with Gasteiger partial charge in [0.15, 0.2) is 0 Å². The van der Waals surface area contributed by atoms with Gasteiger partial charge < -0.3 is 0 Å². The van der Waals surface area contributed by atoms with E-state index in [4.69, 9.17) is 15.0 Å². The maximum atomic E-state index is 14.1. The lowest BCUT2D eigenvalue weighted by Gasteiger charge is -2.09. The van der Waals surface area contributed by atoms with Crippen molar-refractivity contribution >= 4 is 28.9 Å². The zero-order chi connectivity index (χ0) is 15.4. The fourth-order valence-corrected chi connectivity index (χ4v) is 2.34. The predicted octanol–water partition coefficient (Wildman–Crippen LogP) is 2.26. The Hall–Kier alpha value is -2.02. The van der Waals surface area contributed by atoms with Crippen LogP contribution in [0.15, 0.2) is 23.0 Å². The smallest absolute Gasteiger partial charge is 0.262 e. The molecule has 7 heteroatoms. The number of rotatable bonds is 2. The average Bonchev–Trinajstić information content (AvgIpc) is 2.75. The summed E-state index contributed by atoms with van der Waals surface area (Å²) >= 11 is 5.09. The summed E-state index contributed by atoms with van der Waals surface area (Å²) in [5, 5.41) is 6.58. The van der Waals surface area contributed by atoms with Gasteiger partial charge in [0.1, 0.15) is 5.82 Å². The summed E-state index contributed by atoms with van der Waals surface area (Å²) in [6.45, 7) is 1.15. The highest BCUT2D eigenvalue weighted by Crippen LogP contribution is 2.16. The number of hydrogen-bond donors (Lipinski definition) is 1. The third-order valence-corrected chi connectivity index (χ3v) is 3.17. The van der Waals surface area contributed by atoms with Crippen LogP contribution in [0.5, 0.6) is 0 Å². The predicted molar refractivity (Wildman–Crippen MR) is 72.4 cm³/mol. The van der Waals surface area contributed by atoms with Crippen LogP contribution in [0.4, 0.5) is 4.39 Å². The van der Waals surface area contributed by atoms with E-state index in [0.717, 1.165) is 4.57 Å². The van der Waals surface area contributed by atoms with E-state index in [2.05, 4.69) is 10.2 Å². The summed E-state index contributed by atoms with van der Waals surface area (Å²) in [7, 11) is 0. The Kier molecular flexibility index (Phi) is 2.21. The Morgan fingerprint density at radius 1 is 1.58 bits per heavy atom. The largest absolute Gasteiger partial charge is 0.276 e. The fourth-order valence-electron chi connectivity index (χ4n) is 2.12. The van der Waals surface area contributed by atoms with Crippen LogP contribution in [0.25, 0.3) is 16.7 Å². The second-order valence-electron chi connectivity index (χ2n) is 4.05.